The van der Waals surface area contributed by atoms with Crippen molar-refractivity contribution >= 4 is 22.1 Å². The molecule has 0 amide bonds. The minimum absolute atomic E-state index is 0.0685. The van der Waals surface area contributed by atoms with Crippen LogP contribution in [0.15, 0.2) is 47.4 Å². The quantitative estimate of drug-likeness (QED) is 0.0302. The van der Waals surface area contributed by atoms with Gasteiger partial charge in [0.15, 0.2) is 0 Å². The SMILES string of the molecule is CCCCCCCCCCCCCC/C=C/CCCCCCOC(=O)c1ccc(S(=O)(=O)O)cc1C(=O)OCCCCCC/C=C/CCCCCCCCCCCCCC. The first-order chi connectivity index (χ1) is 29.3. The molecular formula is C52H90O7S. The monoisotopic (exact) mass is 859 g/mol. The Kier molecular flexibility index (Phi) is 37.6. The molecule has 346 valence electrons. The average molecular weight is 859 g/mol. The molecule has 1 aromatic carbocycles. The summed E-state index contributed by atoms with van der Waals surface area (Å²) in [5, 5.41) is 0. The predicted molar refractivity (Wildman–Crippen MR) is 253 cm³/mol. The van der Waals surface area contributed by atoms with Crippen LogP contribution in [0.25, 0.3) is 0 Å². The van der Waals surface area contributed by atoms with Crippen molar-refractivity contribution in [2.45, 2.75) is 250 Å². The fourth-order valence-electron chi connectivity index (χ4n) is 7.63. The topological polar surface area (TPSA) is 107 Å². The van der Waals surface area contributed by atoms with Gasteiger partial charge in [0.25, 0.3) is 10.1 Å². The molecule has 0 aromatic heterocycles. The van der Waals surface area contributed by atoms with Gasteiger partial charge in [-0.25, -0.2) is 9.59 Å². The minimum atomic E-state index is -4.58. The highest BCUT2D eigenvalue weighted by molar-refractivity contribution is 7.85. The number of unbranched alkanes of at least 4 members (excludes halogenated alkanes) is 32. The first-order valence-electron chi connectivity index (χ1n) is 25.1. The first kappa shape index (κ1) is 55.6. The Balaban J connectivity index is 2.17. The molecule has 0 unspecified atom stereocenters. The third-order valence-corrected chi connectivity index (χ3v) is 12.4. The Morgan fingerprint density at radius 2 is 0.717 bits per heavy atom. The molecule has 8 heteroatoms. The third kappa shape index (κ3) is 33.2. The van der Waals surface area contributed by atoms with Crippen molar-refractivity contribution < 1.29 is 32.0 Å². The number of hydrogen-bond acceptors (Lipinski definition) is 6. The van der Waals surface area contributed by atoms with Gasteiger partial charge in [0.2, 0.25) is 0 Å². The smallest absolute Gasteiger partial charge is 0.339 e. The second kappa shape index (κ2) is 40.6. The molecular weight excluding hydrogens is 769 g/mol. The minimum Gasteiger partial charge on any atom is -0.462 e. The van der Waals surface area contributed by atoms with Crippen LogP contribution in [0.3, 0.4) is 0 Å². The molecule has 0 fully saturated rings. The average Bonchev–Trinajstić information content (AvgIpc) is 3.24. The molecule has 0 bridgehead atoms. The Hall–Kier alpha value is -2.45. The van der Waals surface area contributed by atoms with E-state index in [0.717, 1.165) is 76.3 Å². The second-order valence-corrected chi connectivity index (χ2v) is 18.6. The molecule has 60 heavy (non-hydrogen) atoms. The highest BCUT2D eigenvalue weighted by atomic mass is 32.2. The van der Waals surface area contributed by atoms with Gasteiger partial charge in [0.1, 0.15) is 0 Å². The molecule has 1 aromatic rings. The first-order valence-corrected chi connectivity index (χ1v) is 26.5. The summed E-state index contributed by atoms with van der Waals surface area (Å²) in [7, 11) is -4.58. The van der Waals surface area contributed by atoms with Crippen molar-refractivity contribution in [1.29, 1.82) is 0 Å². The van der Waals surface area contributed by atoms with Crippen LogP contribution in [0, 0.1) is 0 Å². The van der Waals surface area contributed by atoms with Crippen molar-refractivity contribution in [3.05, 3.63) is 53.6 Å². The highest BCUT2D eigenvalue weighted by Gasteiger charge is 2.23. The lowest BCUT2D eigenvalue weighted by Crippen LogP contribution is -2.16. The van der Waals surface area contributed by atoms with Crippen molar-refractivity contribution in [2.75, 3.05) is 13.2 Å². The van der Waals surface area contributed by atoms with Crippen LogP contribution < -0.4 is 0 Å². The van der Waals surface area contributed by atoms with Gasteiger partial charge in [-0.05, 0) is 82.4 Å². The summed E-state index contributed by atoms with van der Waals surface area (Å²) in [6, 6.07) is 3.29. The van der Waals surface area contributed by atoms with E-state index in [4.69, 9.17) is 9.47 Å². The van der Waals surface area contributed by atoms with Gasteiger partial charge in [-0.3, -0.25) is 4.55 Å². The number of carbonyl (C=O) groups excluding carboxylic acids is 2. The van der Waals surface area contributed by atoms with Gasteiger partial charge in [-0.2, -0.15) is 8.42 Å². The van der Waals surface area contributed by atoms with Crippen molar-refractivity contribution in [3.63, 3.8) is 0 Å². The summed E-state index contributed by atoms with van der Waals surface area (Å²) in [4.78, 5) is 25.5. The zero-order valence-electron chi connectivity index (χ0n) is 38.7. The molecule has 0 heterocycles. The zero-order chi connectivity index (χ0) is 43.6. The van der Waals surface area contributed by atoms with E-state index in [1.165, 1.54) is 160 Å². The number of allylic oxidation sites excluding steroid dienone is 4. The molecule has 7 nitrogen and oxygen atoms in total. The Morgan fingerprint density at radius 1 is 0.433 bits per heavy atom. The van der Waals surface area contributed by atoms with E-state index in [0.29, 0.717) is 12.8 Å². The largest absolute Gasteiger partial charge is 0.462 e. The van der Waals surface area contributed by atoms with Gasteiger partial charge >= 0.3 is 11.9 Å². The number of rotatable bonds is 43. The number of hydrogen-bond donors (Lipinski definition) is 1. The molecule has 0 saturated heterocycles. The van der Waals surface area contributed by atoms with Crippen LogP contribution in [0.1, 0.15) is 266 Å². The van der Waals surface area contributed by atoms with E-state index in [2.05, 4.69) is 38.2 Å². The fourth-order valence-corrected chi connectivity index (χ4v) is 8.14. The lowest BCUT2D eigenvalue weighted by molar-refractivity contribution is 0.0450. The van der Waals surface area contributed by atoms with Crippen LogP contribution in [0.2, 0.25) is 0 Å². The standard InChI is InChI=1S/C52H90O7S/c1-3-5-7-9-11-13-15-17-19-21-23-25-27-29-31-33-35-37-39-41-45-58-51(53)49-44-43-48(60(55,56)57)47-50(49)52(54)59-46-42-40-38-36-34-32-30-28-26-24-22-20-18-16-14-12-10-8-6-4-2/h29-32,43-44,47H,3-28,33-42,45-46H2,1-2H3,(H,55,56,57)/b31-29+,32-30+. The summed E-state index contributed by atoms with van der Waals surface area (Å²) >= 11 is 0. The molecule has 0 radical (unpaired) electrons. The van der Waals surface area contributed by atoms with Gasteiger partial charge in [0, 0.05) is 0 Å². The number of benzene rings is 1. The summed E-state index contributed by atoms with van der Waals surface area (Å²) in [6.45, 7) is 4.91. The zero-order valence-corrected chi connectivity index (χ0v) is 39.5. The van der Waals surface area contributed by atoms with E-state index < -0.39 is 27.0 Å². The summed E-state index contributed by atoms with van der Waals surface area (Å²) in [5.74, 6) is -1.52. The van der Waals surface area contributed by atoms with E-state index in [1.807, 2.05) is 0 Å². The fraction of sp³-hybridized carbons (Fsp3) is 0.769. The lowest BCUT2D eigenvalue weighted by atomic mass is 10.0. The Bertz CT molecular complexity index is 1340. The Morgan fingerprint density at radius 3 is 1.03 bits per heavy atom. The maximum atomic E-state index is 13.0. The molecule has 0 spiro atoms. The van der Waals surface area contributed by atoms with Crippen LogP contribution in [-0.4, -0.2) is 38.1 Å². The summed E-state index contributed by atoms with van der Waals surface area (Å²) < 4.78 is 44.0. The molecule has 0 saturated carbocycles. The third-order valence-electron chi connectivity index (χ3n) is 11.5. The highest BCUT2D eigenvalue weighted by Crippen LogP contribution is 2.20. The lowest BCUT2D eigenvalue weighted by Gasteiger charge is -2.11. The van der Waals surface area contributed by atoms with Gasteiger partial charge in [-0.15, -0.1) is 0 Å². The van der Waals surface area contributed by atoms with E-state index in [9.17, 15) is 22.6 Å². The maximum absolute atomic E-state index is 13.0. The molecule has 0 aliphatic carbocycles. The van der Waals surface area contributed by atoms with Gasteiger partial charge in [0.05, 0.1) is 29.2 Å². The molecule has 0 aliphatic rings. The van der Waals surface area contributed by atoms with E-state index in [-0.39, 0.29) is 24.3 Å². The number of esters is 2. The van der Waals surface area contributed by atoms with Gasteiger partial charge in [-0.1, -0.05) is 205 Å². The van der Waals surface area contributed by atoms with Crippen LogP contribution in [0.5, 0.6) is 0 Å². The number of ether oxygens (including phenoxy) is 2. The molecule has 1 N–H and O–H groups in total. The van der Waals surface area contributed by atoms with Crippen LogP contribution in [0.4, 0.5) is 0 Å². The van der Waals surface area contributed by atoms with Crippen molar-refractivity contribution in [2.24, 2.45) is 0 Å². The summed E-state index contributed by atoms with van der Waals surface area (Å²) in [6.07, 6.45) is 53.9. The van der Waals surface area contributed by atoms with E-state index >= 15 is 0 Å². The molecule has 0 aliphatic heterocycles. The second-order valence-electron chi connectivity index (χ2n) is 17.2. The summed E-state index contributed by atoms with van der Waals surface area (Å²) in [5.41, 5.74) is -0.287. The molecule has 0 atom stereocenters. The number of carbonyl (C=O) groups is 2. The molecule has 1 rings (SSSR count). The van der Waals surface area contributed by atoms with E-state index in [1.54, 1.807) is 0 Å². The van der Waals surface area contributed by atoms with Crippen molar-refractivity contribution in [1.82, 2.24) is 0 Å². The maximum Gasteiger partial charge on any atom is 0.339 e. The van der Waals surface area contributed by atoms with Crippen molar-refractivity contribution in [3.8, 4) is 0 Å². The predicted octanol–water partition coefficient (Wildman–Crippen LogP) is 16.4. The van der Waals surface area contributed by atoms with Gasteiger partial charge < -0.3 is 9.47 Å². The van der Waals surface area contributed by atoms with Crippen LogP contribution in [-0.2, 0) is 19.6 Å². The van der Waals surface area contributed by atoms with Crippen LogP contribution >= 0.6 is 0 Å². The normalized spacial score (nSPS) is 11.9. The Labute approximate surface area is 369 Å².